The van der Waals surface area contributed by atoms with Gasteiger partial charge in [-0.25, -0.2) is 4.39 Å². The molecule has 2 rings (SSSR count). The van der Waals surface area contributed by atoms with Gasteiger partial charge in [0.2, 0.25) is 0 Å². The van der Waals surface area contributed by atoms with Gasteiger partial charge in [0.1, 0.15) is 5.82 Å². The molecule has 0 spiro atoms. The van der Waals surface area contributed by atoms with E-state index in [-0.39, 0.29) is 16.9 Å². The minimum atomic E-state index is -0.379. The van der Waals surface area contributed by atoms with E-state index in [1.54, 1.807) is 12.3 Å². The van der Waals surface area contributed by atoms with Gasteiger partial charge in [0, 0.05) is 6.20 Å². The molecule has 0 fully saturated rings. The molecule has 4 heteroatoms. The maximum atomic E-state index is 13.4. The third-order valence-corrected chi connectivity index (χ3v) is 3.23. The van der Waals surface area contributed by atoms with E-state index in [2.05, 4.69) is 10.3 Å². The van der Waals surface area contributed by atoms with E-state index in [1.807, 2.05) is 31.2 Å². The Balaban J connectivity index is 2.19. The monoisotopic (exact) mass is 278 g/mol. The molecule has 0 aliphatic carbocycles. The largest absolute Gasteiger partial charge is 0.309 e. The predicted molar refractivity (Wildman–Crippen MR) is 75.8 cm³/mol. The molecule has 0 aliphatic rings. The standard InChI is InChI=1S/C15H16ClFN2/c1-2-18-15(14-5-3-4-8-19-14)10-11-6-7-12(16)13(17)9-11/h3-9,15,18H,2,10H2,1H3. The number of nitrogens with zero attached hydrogens (tertiary/aromatic N) is 1. The Bertz CT molecular complexity index is 531. The summed E-state index contributed by atoms with van der Waals surface area (Å²) >= 11 is 5.69. The maximum Gasteiger partial charge on any atom is 0.142 e. The Morgan fingerprint density at radius 1 is 1.32 bits per heavy atom. The van der Waals surface area contributed by atoms with Gasteiger partial charge in [-0.15, -0.1) is 0 Å². The van der Waals surface area contributed by atoms with Crippen LogP contribution < -0.4 is 5.32 Å². The number of likely N-dealkylation sites (N-methyl/N-ethyl adjacent to an activating group) is 1. The van der Waals surface area contributed by atoms with E-state index >= 15 is 0 Å². The van der Waals surface area contributed by atoms with Gasteiger partial charge >= 0.3 is 0 Å². The minimum absolute atomic E-state index is 0.0757. The highest BCUT2D eigenvalue weighted by atomic mass is 35.5. The minimum Gasteiger partial charge on any atom is -0.309 e. The molecule has 100 valence electrons. The molecule has 1 aromatic carbocycles. The van der Waals surface area contributed by atoms with Crippen LogP contribution in [0.2, 0.25) is 5.02 Å². The predicted octanol–water partition coefficient (Wildman–Crippen LogP) is 3.77. The Hall–Kier alpha value is -1.45. The third-order valence-electron chi connectivity index (χ3n) is 2.92. The lowest BCUT2D eigenvalue weighted by Crippen LogP contribution is -2.23. The second-order valence-electron chi connectivity index (χ2n) is 4.32. The molecule has 1 heterocycles. The van der Waals surface area contributed by atoms with Crippen LogP contribution in [0.1, 0.15) is 24.2 Å². The normalized spacial score (nSPS) is 12.4. The van der Waals surface area contributed by atoms with Gasteiger partial charge in [-0.2, -0.15) is 0 Å². The molecule has 1 atom stereocenters. The first-order valence-corrected chi connectivity index (χ1v) is 6.66. The van der Waals surface area contributed by atoms with Gasteiger partial charge < -0.3 is 5.32 Å². The lowest BCUT2D eigenvalue weighted by atomic mass is 10.0. The van der Waals surface area contributed by atoms with Crippen molar-refractivity contribution in [2.75, 3.05) is 6.54 Å². The summed E-state index contributed by atoms with van der Waals surface area (Å²) in [6.07, 6.45) is 2.45. The van der Waals surface area contributed by atoms with Crippen LogP contribution in [0.25, 0.3) is 0 Å². The number of nitrogens with one attached hydrogen (secondary N) is 1. The molecule has 1 unspecified atom stereocenters. The van der Waals surface area contributed by atoms with E-state index in [9.17, 15) is 4.39 Å². The molecule has 0 bridgehead atoms. The molecule has 0 radical (unpaired) electrons. The van der Waals surface area contributed by atoms with Crippen LogP contribution in [0.15, 0.2) is 42.6 Å². The van der Waals surface area contributed by atoms with Crippen molar-refractivity contribution in [1.29, 1.82) is 0 Å². The van der Waals surface area contributed by atoms with Crippen LogP contribution in [-0.4, -0.2) is 11.5 Å². The zero-order valence-electron chi connectivity index (χ0n) is 10.7. The average Bonchev–Trinajstić information content (AvgIpc) is 2.43. The summed E-state index contributed by atoms with van der Waals surface area (Å²) in [5.41, 5.74) is 1.86. The summed E-state index contributed by atoms with van der Waals surface area (Å²) in [6.45, 7) is 2.87. The summed E-state index contributed by atoms with van der Waals surface area (Å²) in [5.74, 6) is -0.379. The second-order valence-corrected chi connectivity index (χ2v) is 4.72. The maximum absolute atomic E-state index is 13.4. The Morgan fingerprint density at radius 2 is 2.16 bits per heavy atom. The molecule has 19 heavy (non-hydrogen) atoms. The summed E-state index contributed by atoms with van der Waals surface area (Å²) in [6, 6.07) is 10.8. The molecular weight excluding hydrogens is 263 g/mol. The number of aromatic nitrogens is 1. The molecule has 0 saturated carbocycles. The molecule has 1 aromatic heterocycles. The van der Waals surface area contributed by atoms with Crippen LogP contribution in [0.4, 0.5) is 4.39 Å². The fraction of sp³-hybridized carbons (Fsp3) is 0.267. The first-order chi connectivity index (χ1) is 9.20. The van der Waals surface area contributed by atoms with Gasteiger partial charge in [-0.3, -0.25) is 4.98 Å². The molecule has 0 saturated heterocycles. The lowest BCUT2D eigenvalue weighted by molar-refractivity contribution is 0.534. The fourth-order valence-electron chi connectivity index (χ4n) is 2.01. The van der Waals surface area contributed by atoms with E-state index < -0.39 is 0 Å². The van der Waals surface area contributed by atoms with Crippen molar-refractivity contribution in [3.8, 4) is 0 Å². The van der Waals surface area contributed by atoms with Crippen molar-refractivity contribution in [3.63, 3.8) is 0 Å². The quantitative estimate of drug-likeness (QED) is 0.901. The number of pyridine rings is 1. The lowest BCUT2D eigenvalue weighted by Gasteiger charge is -2.17. The van der Waals surface area contributed by atoms with Gasteiger partial charge in [-0.1, -0.05) is 30.7 Å². The summed E-state index contributed by atoms with van der Waals surface area (Å²) < 4.78 is 13.4. The summed E-state index contributed by atoms with van der Waals surface area (Å²) in [5, 5.41) is 3.52. The smallest absolute Gasteiger partial charge is 0.142 e. The van der Waals surface area contributed by atoms with Crippen LogP contribution in [0, 0.1) is 5.82 Å². The molecule has 1 N–H and O–H groups in total. The average molecular weight is 279 g/mol. The van der Waals surface area contributed by atoms with Crippen LogP contribution in [0.3, 0.4) is 0 Å². The second kappa shape index (κ2) is 6.64. The van der Waals surface area contributed by atoms with Gasteiger partial charge in [0.25, 0.3) is 0 Å². The highest BCUT2D eigenvalue weighted by Gasteiger charge is 2.13. The van der Waals surface area contributed by atoms with Gasteiger partial charge in [-0.05, 0) is 42.8 Å². The number of rotatable bonds is 5. The van der Waals surface area contributed by atoms with Gasteiger partial charge in [0.05, 0.1) is 16.8 Å². The highest BCUT2D eigenvalue weighted by molar-refractivity contribution is 6.30. The van der Waals surface area contributed by atoms with E-state index in [1.165, 1.54) is 6.07 Å². The number of hydrogen-bond donors (Lipinski definition) is 1. The molecule has 2 aromatic rings. The Morgan fingerprint density at radius 3 is 2.79 bits per heavy atom. The SMILES string of the molecule is CCNC(Cc1ccc(Cl)c(F)c1)c1ccccn1. The summed E-state index contributed by atoms with van der Waals surface area (Å²) in [4.78, 5) is 4.35. The molecule has 0 amide bonds. The van der Waals surface area contributed by atoms with Crippen molar-refractivity contribution >= 4 is 11.6 Å². The molecule has 0 aliphatic heterocycles. The number of hydrogen-bond acceptors (Lipinski definition) is 2. The third kappa shape index (κ3) is 3.75. The van der Waals surface area contributed by atoms with E-state index in [0.717, 1.165) is 17.8 Å². The van der Waals surface area contributed by atoms with Gasteiger partial charge in [0.15, 0.2) is 0 Å². The molecular formula is C15H16ClFN2. The molecule has 2 nitrogen and oxygen atoms in total. The van der Waals surface area contributed by atoms with Crippen molar-refractivity contribution in [2.45, 2.75) is 19.4 Å². The Kier molecular flexibility index (Phi) is 4.88. The number of halogens is 2. The first kappa shape index (κ1) is 14.0. The fourth-order valence-corrected chi connectivity index (χ4v) is 2.13. The van der Waals surface area contributed by atoms with Crippen molar-refractivity contribution < 1.29 is 4.39 Å². The first-order valence-electron chi connectivity index (χ1n) is 6.29. The number of benzene rings is 1. The van der Waals surface area contributed by atoms with E-state index in [0.29, 0.717) is 6.42 Å². The van der Waals surface area contributed by atoms with Crippen molar-refractivity contribution in [2.24, 2.45) is 0 Å². The van der Waals surface area contributed by atoms with Crippen LogP contribution in [0.5, 0.6) is 0 Å². The summed E-state index contributed by atoms with van der Waals surface area (Å²) in [7, 11) is 0. The van der Waals surface area contributed by atoms with Crippen molar-refractivity contribution in [3.05, 3.63) is 64.7 Å². The van der Waals surface area contributed by atoms with Crippen molar-refractivity contribution in [1.82, 2.24) is 10.3 Å². The van der Waals surface area contributed by atoms with Crippen LogP contribution >= 0.6 is 11.6 Å². The highest BCUT2D eigenvalue weighted by Crippen LogP contribution is 2.20. The Labute approximate surface area is 117 Å². The van der Waals surface area contributed by atoms with E-state index in [4.69, 9.17) is 11.6 Å². The topological polar surface area (TPSA) is 24.9 Å². The zero-order valence-corrected chi connectivity index (χ0v) is 11.5. The van der Waals surface area contributed by atoms with Crippen LogP contribution in [-0.2, 0) is 6.42 Å². The zero-order chi connectivity index (χ0) is 13.7.